The maximum atomic E-state index is 12.6. The van der Waals surface area contributed by atoms with Crippen LogP contribution in [0, 0.1) is 0 Å². The number of benzene rings is 2. The number of nitrogens with zero attached hydrogens (tertiary/aromatic N) is 5. The summed E-state index contributed by atoms with van der Waals surface area (Å²) in [5.74, 6) is 0.0288. The fourth-order valence-corrected chi connectivity index (χ4v) is 3.24. The minimum Gasteiger partial charge on any atom is -0.345 e. The van der Waals surface area contributed by atoms with Crippen molar-refractivity contribution >= 4 is 16.9 Å². The Kier molecular flexibility index (Phi) is 3.31. The number of aromatic amines is 1. The second-order valence-electron chi connectivity index (χ2n) is 6.45. The number of carbonyl (C=O) groups is 1. The van der Waals surface area contributed by atoms with Crippen LogP contribution in [-0.4, -0.2) is 48.9 Å². The average Bonchev–Trinajstić information content (AvgIpc) is 3.30. The van der Waals surface area contributed by atoms with E-state index in [2.05, 4.69) is 20.3 Å². The van der Waals surface area contributed by atoms with Crippen LogP contribution >= 0.6 is 0 Å². The number of aromatic nitrogens is 5. The summed E-state index contributed by atoms with van der Waals surface area (Å²) in [5.41, 5.74) is 4.29. The van der Waals surface area contributed by atoms with Gasteiger partial charge in [0.05, 0.1) is 29.6 Å². The van der Waals surface area contributed by atoms with E-state index < -0.39 is 0 Å². The molecule has 7 nitrogen and oxygen atoms in total. The molecule has 4 aromatic rings. The second-order valence-corrected chi connectivity index (χ2v) is 6.45. The van der Waals surface area contributed by atoms with Crippen LogP contribution in [0.25, 0.3) is 22.3 Å². The quantitative estimate of drug-likeness (QED) is 0.619. The van der Waals surface area contributed by atoms with Gasteiger partial charge in [0.1, 0.15) is 5.69 Å². The maximum Gasteiger partial charge on any atom is 0.254 e. The van der Waals surface area contributed by atoms with E-state index in [9.17, 15) is 4.79 Å². The monoisotopic (exact) mass is 344 g/mol. The summed E-state index contributed by atoms with van der Waals surface area (Å²) in [7, 11) is 0. The molecule has 0 bridgehead atoms. The molecule has 0 unspecified atom stereocenters. The first-order chi connectivity index (χ1) is 12.8. The van der Waals surface area contributed by atoms with Crippen molar-refractivity contribution in [2.45, 2.75) is 6.04 Å². The topological polar surface area (TPSA) is 79.7 Å². The number of amides is 1. The molecule has 0 saturated carbocycles. The van der Waals surface area contributed by atoms with E-state index in [4.69, 9.17) is 0 Å². The van der Waals surface area contributed by atoms with E-state index in [1.807, 2.05) is 64.3 Å². The minimum absolute atomic E-state index is 0.0288. The molecule has 1 amide bonds. The molecule has 5 rings (SSSR count). The first kappa shape index (κ1) is 14.8. The van der Waals surface area contributed by atoms with Gasteiger partial charge in [0.25, 0.3) is 5.91 Å². The number of likely N-dealkylation sites (tertiary alicyclic amines) is 1. The van der Waals surface area contributed by atoms with E-state index in [-0.39, 0.29) is 11.9 Å². The predicted octanol–water partition coefficient (Wildman–Crippen LogP) is 2.52. The number of nitrogens with one attached hydrogen (secondary N) is 1. The zero-order chi connectivity index (χ0) is 17.5. The van der Waals surface area contributed by atoms with Gasteiger partial charge in [-0.2, -0.15) is 0 Å². The molecule has 1 aliphatic heterocycles. The molecule has 7 heteroatoms. The Bertz CT molecular complexity index is 1080. The van der Waals surface area contributed by atoms with Crippen molar-refractivity contribution in [3.8, 4) is 11.3 Å². The third-order valence-electron chi connectivity index (χ3n) is 4.77. The fraction of sp³-hybridized carbons (Fsp3) is 0.158. The summed E-state index contributed by atoms with van der Waals surface area (Å²) in [6, 6.07) is 15.7. The first-order valence-electron chi connectivity index (χ1n) is 8.47. The average molecular weight is 344 g/mol. The van der Waals surface area contributed by atoms with Crippen molar-refractivity contribution in [3.63, 3.8) is 0 Å². The summed E-state index contributed by atoms with van der Waals surface area (Å²) in [4.78, 5) is 21.7. The Balaban J connectivity index is 1.28. The van der Waals surface area contributed by atoms with Gasteiger partial charge in [-0.25, -0.2) is 9.67 Å². The SMILES string of the molecule is O=C(c1ccc2nc[nH]c2c1)N1CC(n2cc(-c3ccccc3)nn2)C1. The maximum absolute atomic E-state index is 12.6. The van der Waals surface area contributed by atoms with Crippen molar-refractivity contribution in [3.05, 3.63) is 66.6 Å². The molecule has 2 aromatic heterocycles. The van der Waals surface area contributed by atoms with Gasteiger partial charge in [-0.3, -0.25) is 4.79 Å². The molecule has 26 heavy (non-hydrogen) atoms. The van der Waals surface area contributed by atoms with E-state index in [0.29, 0.717) is 18.7 Å². The van der Waals surface area contributed by atoms with Crippen LogP contribution in [0.1, 0.15) is 16.4 Å². The van der Waals surface area contributed by atoms with Gasteiger partial charge in [0, 0.05) is 24.2 Å². The van der Waals surface area contributed by atoms with Crippen LogP contribution in [0.4, 0.5) is 0 Å². The lowest BCUT2D eigenvalue weighted by atomic mass is 10.1. The van der Waals surface area contributed by atoms with Crippen LogP contribution in [0.15, 0.2) is 61.1 Å². The second kappa shape index (κ2) is 5.80. The summed E-state index contributed by atoms with van der Waals surface area (Å²) in [5, 5.41) is 8.47. The Morgan fingerprint density at radius 3 is 2.81 bits per heavy atom. The highest BCUT2D eigenvalue weighted by Gasteiger charge is 2.33. The highest BCUT2D eigenvalue weighted by molar-refractivity contribution is 5.97. The summed E-state index contributed by atoms with van der Waals surface area (Å²) in [6.45, 7) is 1.27. The molecule has 0 spiro atoms. The zero-order valence-corrected chi connectivity index (χ0v) is 13.9. The summed E-state index contributed by atoms with van der Waals surface area (Å²) in [6.07, 6.45) is 3.58. The summed E-state index contributed by atoms with van der Waals surface area (Å²) < 4.78 is 1.85. The van der Waals surface area contributed by atoms with Crippen molar-refractivity contribution < 1.29 is 4.79 Å². The minimum atomic E-state index is 0.0288. The van der Waals surface area contributed by atoms with Gasteiger partial charge in [-0.05, 0) is 18.2 Å². The van der Waals surface area contributed by atoms with Crippen LogP contribution in [0.3, 0.4) is 0 Å². The molecule has 0 aliphatic carbocycles. The largest absolute Gasteiger partial charge is 0.345 e. The fourth-order valence-electron chi connectivity index (χ4n) is 3.24. The smallest absolute Gasteiger partial charge is 0.254 e. The Labute approximate surface area is 149 Å². The molecule has 1 N–H and O–H groups in total. The number of hydrogen-bond acceptors (Lipinski definition) is 4. The van der Waals surface area contributed by atoms with Crippen molar-refractivity contribution in [2.75, 3.05) is 13.1 Å². The van der Waals surface area contributed by atoms with E-state index in [1.54, 1.807) is 6.33 Å². The molecule has 1 saturated heterocycles. The number of hydrogen-bond donors (Lipinski definition) is 1. The van der Waals surface area contributed by atoms with Gasteiger partial charge in [0.15, 0.2) is 0 Å². The zero-order valence-electron chi connectivity index (χ0n) is 13.9. The molecule has 0 atom stereocenters. The van der Waals surface area contributed by atoms with Gasteiger partial charge < -0.3 is 9.88 Å². The molecule has 1 fully saturated rings. The van der Waals surface area contributed by atoms with E-state index in [0.717, 1.165) is 22.3 Å². The first-order valence-corrected chi connectivity index (χ1v) is 8.47. The number of H-pyrrole nitrogens is 1. The van der Waals surface area contributed by atoms with Crippen LogP contribution in [0.2, 0.25) is 0 Å². The lowest BCUT2D eigenvalue weighted by Gasteiger charge is -2.38. The van der Waals surface area contributed by atoms with Crippen LogP contribution in [0.5, 0.6) is 0 Å². The van der Waals surface area contributed by atoms with Gasteiger partial charge >= 0.3 is 0 Å². The normalized spacial score (nSPS) is 14.5. The van der Waals surface area contributed by atoms with Crippen LogP contribution < -0.4 is 0 Å². The van der Waals surface area contributed by atoms with Crippen molar-refractivity contribution in [1.29, 1.82) is 0 Å². The van der Waals surface area contributed by atoms with Gasteiger partial charge in [-0.15, -0.1) is 5.10 Å². The molecule has 128 valence electrons. The van der Waals surface area contributed by atoms with Crippen LogP contribution in [-0.2, 0) is 0 Å². The summed E-state index contributed by atoms with van der Waals surface area (Å²) >= 11 is 0. The lowest BCUT2D eigenvalue weighted by molar-refractivity contribution is 0.0498. The van der Waals surface area contributed by atoms with E-state index in [1.165, 1.54) is 0 Å². The van der Waals surface area contributed by atoms with Gasteiger partial charge in [0.2, 0.25) is 0 Å². The van der Waals surface area contributed by atoms with Crippen molar-refractivity contribution in [1.82, 2.24) is 29.9 Å². The highest BCUT2D eigenvalue weighted by Crippen LogP contribution is 2.25. The third-order valence-corrected chi connectivity index (χ3v) is 4.77. The number of rotatable bonds is 3. The third kappa shape index (κ3) is 2.45. The van der Waals surface area contributed by atoms with Crippen molar-refractivity contribution in [2.24, 2.45) is 0 Å². The molecule has 3 heterocycles. The Morgan fingerprint density at radius 2 is 1.96 bits per heavy atom. The molecule has 0 radical (unpaired) electrons. The molecular formula is C19H16N6O. The van der Waals surface area contributed by atoms with E-state index >= 15 is 0 Å². The number of carbonyl (C=O) groups excluding carboxylic acids is 1. The Morgan fingerprint density at radius 1 is 1.12 bits per heavy atom. The standard InChI is InChI=1S/C19H16N6O/c26-19(14-6-7-16-17(8-14)21-12-20-16)24-9-15(10-24)25-11-18(22-23-25)13-4-2-1-3-5-13/h1-8,11-12,15H,9-10H2,(H,20,21). The lowest BCUT2D eigenvalue weighted by Crippen LogP contribution is -2.50. The molecular weight excluding hydrogens is 328 g/mol. The van der Waals surface area contributed by atoms with Gasteiger partial charge in [-0.1, -0.05) is 35.5 Å². The number of fused-ring (bicyclic) bond motifs is 1. The number of imidazole rings is 1. The molecule has 2 aromatic carbocycles. The Hall–Kier alpha value is -3.48. The highest BCUT2D eigenvalue weighted by atomic mass is 16.2. The molecule has 1 aliphatic rings. The predicted molar refractivity (Wildman–Crippen MR) is 96.5 cm³/mol.